The molecule has 0 aliphatic heterocycles. The molecule has 0 aliphatic carbocycles. The highest BCUT2D eigenvalue weighted by molar-refractivity contribution is 6.39. The maximum absolute atomic E-state index is 11.8. The molecule has 0 radical (unpaired) electrons. The van der Waals surface area contributed by atoms with E-state index in [9.17, 15) is 9.59 Å². The minimum Gasteiger partial charge on any atom is -0.472 e. The molecule has 2 rings (SSSR count). The largest absolute Gasteiger partial charge is 0.472 e. The summed E-state index contributed by atoms with van der Waals surface area (Å²) in [6.45, 7) is 4.58. The van der Waals surface area contributed by atoms with E-state index in [2.05, 4.69) is 24.5 Å². The third-order valence-electron chi connectivity index (χ3n) is 3.32. The molecule has 0 saturated carbocycles. The Balaban J connectivity index is 1.79. The number of furan rings is 1. The van der Waals surface area contributed by atoms with Crippen molar-refractivity contribution in [1.29, 1.82) is 0 Å². The molecule has 0 bridgehead atoms. The van der Waals surface area contributed by atoms with Crippen LogP contribution in [0.15, 0.2) is 47.3 Å². The van der Waals surface area contributed by atoms with Crippen LogP contribution in [0, 0.1) is 0 Å². The van der Waals surface area contributed by atoms with Gasteiger partial charge in [-0.1, -0.05) is 26.0 Å². The van der Waals surface area contributed by atoms with Gasteiger partial charge in [0.2, 0.25) is 0 Å². The number of hydrogen-bond acceptors (Lipinski definition) is 3. The van der Waals surface area contributed by atoms with Crippen LogP contribution in [-0.4, -0.2) is 18.4 Å². The highest BCUT2D eigenvalue weighted by Gasteiger charge is 2.13. The highest BCUT2D eigenvalue weighted by atomic mass is 16.3. The summed E-state index contributed by atoms with van der Waals surface area (Å²) in [4.78, 5) is 23.5. The Bertz CT molecular complexity index is 616. The first-order valence-electron chi connectivity index (χ1n) is 7.26. The van der Waals surface area contributed by atoms with Gasteiger partial charge in [-0.2, -0.15) is 0 Å². The second-order valence-electron chi connectivity index (χ2n) is 5.37. The Kier molecular flexibility index (Phi) is 5.36. The van der Waals surface area contributed by atoms with E-state index >= 15 is 0 Å². The van der Waals surface area contributed by atoms with Crippen molar-refractivity contribution < 1.29 is 14.0 Å². The molecule has 2 aromatic rings. The van der Waals surface area contributed by atoms with Gasteiger partial charge >= 0.3 is 11.8 Å². The fraction of sp³-hybridized carbons (Fsp3) is 0.294. The Morgan fingerprint density at radius 2 is 1.82 bits per heavy atom. The van der Waals surface area contributed by atoms with Gasteiger partial charge < -0.3 is 15.1 Å². The summed E-state index contributed by atoms with van der Waals surface area (Å²) in [5, 5.41) is 5.16. The van der Waals surface area contributed by atoms with Gasteiger partial charge in [-0.25, -0.2) is 0 Å². The first kappa shape index (κ1) is 15.8. The van der Waals surface area contributed by atoms with E-state index < -0.39 is 11.8 Å². The zero-order chi connectivity index (χ0) is 15.9. The summed E-state index contributed by atoms with van der Waals surface area (Å²) < 4.78 is 4.93. The summed E-state index contributed by atoms with van der Waals surface area (Å²) in [5.41, 5.74) is 2.77. The quantitative estimate of drug-likeness (QED) is 0.834. The number of hydrogen-bond donors (Lipinski definition) is 2. The van der Waals surface area contributed by atoms with Gasteiger partial charge in [-0.15, -0.1) is 0 Å². The second-order valence-corrected chi connectivity index (χ2v) is 5.37. The van der Waals surface area contributed by atoms with Crippen molar-refractivity contribution in [3.05, 3.63) is 54.0 Å². The van der Waals surface area contributed by atoms with E-state index in [-0.39, 0.29) is 0 Å². The predicted molar refractivity (Wildman–Crippen MR) is 84.6 cm³/mol. The Morgan fingerprint density at radius 1 is 1.09 bits per heavy atom. The molecule has 0 aliphatic rings. The Hall–Kier alpha value is -2.56. The molecule has 2 N–H and O–H groups in total. The molecule has 116 valence electrons. The monoisotopic (exact) mass is 300 g/mol. The predicted octanol–water partition coefficient (Wildman–Crippen LogP) is 2.70. The number of benzene rings is 1. The number of carbonyl (C=O) groups is 2. The van der Waals surface area contributed by atoms with Crippen molar-refractivity contribution in [2.75, 3.05) is 11.9 Å². The van der Waals surface area contributed by atoms with E-state index in [1.807, 2.05) is 18.2 Å². The average Bonchev–Trinajstić information content (AvgIpc) is 3.01. The zero-order valence-corrected chi connectivity index (χ0v) is 12.8. The fourth-order valence-electron chi connectivity index (χ4n) is 1.97. The van der Waals surface area contributed by atoms with Crippen LogP contribution in [0.5, 0.6) is 0 Å². The molecule has 1 aromatic carbocycles. The van der Waals surface area contributed by atoms with Crippen LogP contribution in [-0.2, 0) is 16.0 Å². The van der Waals surface area contributed by atoms with Gasteiger partial charge in [0.25, 0.3) is 0 Å². The molecule has 0 atom stereocenters. The minimum atomic E-state index is -0.663. The van der Waals surface area contributed by atoms with Crippen LogP contribution >= 0.6 is 0 Å². The van der Waals surface area contributed by atoms with Crippen molar-refractivity contribution in [2.24, 2.45) is 0 Å². The minimum absolute atomic E-state index is 0.387. The normalized spacial score (nSPS) is 10.5. The van der Waals surface area contributed by atoms with E-state index in [0.717, 1.165) is 5.56 Å². The number of rotatable bonds is 5. The molecule has 1 aromatic heterocycles. The number of amides is 2. The van der Waals surface area contributed by atoms with Crippen LogP contribution in [0.1, 0.15) is 30.9 Å². The van der Waals surface area contributed by atoms with Gasteiger partial charge in [0.15, 0.2) is 0 Å². The van der Waals surface area contributed by atoms with Crippen molar-refractivity contribution in [1.82, 2.24) is 5.32 Å². The molecular weight excluding hydrogens is 280 g/mol. The highest BCUT2D eigenvalue weighted by Crippen LogP contribution is 2.16. The maximum Gasteiger partial charge on any atom is 0.313 e. The molecular formula is C17H20N2O3. The van der Waals surface area contributed by atoms with Crippen LogP contribution in [0.25, 0.3) is 0 Å². The van der Waals surface area contributed by atoms with Crippen LogP contribution < -0.4 is 10.6 Å². The van der Waals surface area contributed by atoms with Crippen molar-refractivity contribution in [3.63, 3.8) is 0 Å². The van der Waals surface area contributed by atoms with Gasteiger partial charge in [0, 0.05) is 12.2 Å². The summed E-state index contributed by atoms with van der Waals surface area (Å²) >= 11 is 0. The van der Waals surface area contributed by atoms with Crippen molar-refractivity contribution in [2.45, 2.75) is 26.2 Å². The number of anilines is 1. The van der Waals surface area contributed by atoms with E-state index in [0.29, 0.717) is 24.6 Å². The molecule has 0 saturated heterocycles. The first-order valence-corrected chi connectivity index (χ1v) is 7.26. The molecule has 1 heterocycles. The lowest BCUT2D eigenvalue weighted by Crippen LogP contribution is -2.36. The number of carbonyl (C=O) groups excluding carboxylic acids is 2. The fourth-order valence-corrected chi connectivity index (χ4v) is 1.97. The standard InChI is InChI=1S/C17H20N2O3/c1-12(2)14-3-5-15(6-4-14)19-17(21)16(20)18-9-7-13-8-10-22-11-13/h3-6,8,10-12H,7,9H2,1-2H3,(H,18,20)(H,19,21). The summed E-state index contributed by atoms with van der Waals surface area (Å²) in [6, 6.07) is 9.30. The van der Waals surface area contributed by atoms with E-state index in [1.54, 1.807) is 24.7 Å². The lowest BCUT2D eigenvalue weighted by molar-refractivity contribution is -0.136. The van der Waals surface area contributed by atoms with Crippen LogP contribution in [0.2, 0.25) is 0 Å². The van der Waals surface area contributed by atoms with Gasteiger partial charge in [-0.3, -0.25) is 9.59 Å². The third kappa shape index (κ3) is 4.48. The Labute approximate surface area is 129 Å². The molecule has 2 amide bonds. The Morgan fingerprint density at radius 3 is 2.41 bits per heavy atom. The second kappa shape index (κ2) is 7.45. The van der Waals surface area contributed by atoms with Crippen LogP contribution in [0.3, 0.4) is 0 Å². The lowest BCUT2D eigenvalue weighted by atomic mass is 10.0. The summed E-state index contributed by atoms with van der Waals surface area (Å²) in [5.74, 6) is -0.878. The molecule has 5 heteroatoms. The summed E-state index contributed by atoms with van der Waals surface area (Å²) in [6.07, 6.45) is 3.81. The summed E-state index contributed by atoms with van der Waals surface area (Å²) in [7, 11) is 0. The molecule has 0 spiro atoms. The van der Waals surface area contributed by atoms with Gasteiger partial charge in [-0.05, 0) is 41.7 Å². The molecule has 5 nitrogen and oxygen atoms in total. The van der Waals surface area contributed by atoms with E-state index in [4.69, 9.17) is 4.42 Å². The van der Waals surface area contributed by atoms with Crippen molar-refractivity contribution in [3.8, 4) is 0 Å². The third-order valence-corrected chi connectivity index (χ3v) is 3.32. The van der Waals surface area contributed by atoms with Crippen LogP contribution in [0.4, 0.5) is 5.69 Å². The van der Waals surface area contributed by atoms with E-state index in [1.165, 1.54) is 5.56 Å². The molecule has 0 fully saturated rings. The SMILES string of the molecule is CC(C)c1ccc(NC(=O)C(=O)NCCc2ccoc2)cc1. The smallest absolute Gasteiger partial charge is 0.313 e. The first-order chi connectivity index (χ1) is 10.6. The topological polar surface area (TPSA) is 71.3 Å². The molecule has 22 heavy (non-hydrogen) atoms. The molecule has 0 unspecified atom stereocenters. The van der Waals surface area contributed by atoms with Crippen molar-refractivity contribution >= 4 is 17.5 Å². The van der Waals surface area contributed by atoms with Gasteiger partial charge in [0.05, 0.1) is 12.5 Å². The maximum atomic E-state index is 11.8. The zero-order valence-electron chi connectivity index (χ0n) is 12.8. The average molecular weight is 300 g/mol. The lowest BCUT2D eigenvalue weighted by Gasteiger charge is -2.08. The van der Waals surface area contributed by atoms with Gasteiger partial charge in [0.1, 0.15) is 0 Å². The number of nitrogens with one attached hydrogen (secondary N) is 2.